The van der Waals surface area contributed by atoms with Crippen LogP contribution in [0.4, 0.5) is 5.69 Å². The number of hydrogen-bond acceptors (Lipinski definition) is 3. The minimum absolute atomic E-state index is 0.672. The predicted octanol–water partition coefficient (Wildman–Crippen LogP) is 3.79. The molecule has 0 unspecified atom stereocenters. The Morgan fingerprint density at radius 1 is 1.11 bits per heavy atom. The van der Waals surface area contributed by atoms with Crippen molar-refractivity contribution in [3.63, 3.8) is 0 Å². The van der Waals surface area contributed by atoms with Crippen LogP contribution in [-0.2, 0) is 6.54 Å². The molecule has 1 aromatic heterocycles. The fourth-order valence-corrected chi connectivity index (χ4v) is 1.90. The molecule has 18 heavy (non-hydrogen) atoms. The summed E-state index contributed by atoms with van der Waals surface area (Å²) in [6.07, 6.45) is 1.67. The van der Waals surface area contributed by atoms with Crippen molar-refractivity contribution in [3.8, 4) is 0 Å². The van der Waals surface area contributed by atoms with Gasteiger partial charge in [0.05, 0.1) is 23.5 Å². The standard InChI is InChI=1S/C13H14Cl2N2O/c14-10-3-4-12(15)13(8-10)17-6-5-16-9-11-2-1-7-18-11/h1-4,7-8,16-17H,5-6,9H2. The van der Waals surface area contributed by atoms with E-state index in [-0.39, 0.29) is 0 Å². The maximum Gasteiger partial charge on any atom is 0.117 e. The summed E-state index contributed by atoms with van der Waals surface area (Å²) in [5.74, 6) is 0.927. The molecule has 1 heterocycles. The smallest absolute Gasteiger partial charge is 0.117 e. The van der Waals surface area contributed by atoms with Crippen molar-refractivity contribution in [3.05, 3.63) is 52.4 Å². The summed E-state index contributed by atoms with van der Waals surface area (Å²) in [4.78, 5) is 0. The van der Waals surface area contributed by atoms with E-state index in [4.69, 9.17) is 27.6 Å². The van der Waals surface area contributed by atoms with Crippen LogP contribution in [-0.4, -0.2) is 13.1 Å². The quantitative estimate of drug-likeness (QED) is 0.793. The number of halogens is 2. The van der Waals surface area contributed by atoms with Gasteiger partial charge in [-0.25, -0.2) is 0 Å². The third kappa shape index (κ3) is 3.95. The van der Waals surface area contributed by atoms with Gasteiger partial charge in [-0.3, -0.25) is 0 Å². The highest BCUT2D eigenvalue weighted by atomic mass is 35.5. The molecule has 0 fully saturated rings. The summed E-state index contributed by atoms with van der Waals surface area (Å²) in [6, 6.07) is 9.18. The van der Waals surface area contributed by atoms with Gasteiger partial charge >= 0.3 is 0 Å². The topological polar surface area (TPSA) is 37.2 Å². The molecular weight excluding hydrogens is 271 g/mol. The molecule has 3 nitrogen and oxygen atoms in total. The van der Waals surface area contributed by atoms with Crippen LogP contribution in [0.25, 0.3) is 0 Å². The fourth-order valence-electron chi connectivity index (χ4n) is 1.54. The number of nitrogens with one attached hydrogen (secondary N) is 2. The molecule has 0 radical (unpaired) electrons. The first-order valence-corrected chi connectivity index (χ1v) is 6.43. The van der Waals surface area contributed by atoms with Crippen LogP contribution in [0.5, 0.6) is 0 Å². The van der Waals surface area contributed by atoms with Crippen LogP contribution < -0.4 is 10.6 Å². The lowest BCUT2D eigenvalue weighted by molar-refractivity contribution is 0.486. The van der Waals surface area contributed by atoms with Crippen LogP contribution >= 0.6 is 23.2 Å². The second kappa shape index (κ2) is 6.69. The molecule has 0 atom stereocenters. The van der Waals surface area contributed by atoms with E-state index in [1.807, 2.05) is 18.2 Å². The van der Waals surface area contributed by atoms with Gasteiger partial charge in [-0.05, 0) is 30.3 Å². The summed E-state index contributed by atoms with van der Waals surface area (Å²) >= 11 is 11.9. The van der Waals surface area contributed by atoms with E-state index in [2.05, 4.69) is 10.6 Å². The number of benzene rings is 1. The molecule has 2 aromatic rings. The average molecular weight is 285 g/mol. The number of anilines is 1. The molecule has 0 aliphatic rings. The minimum atomic E-state index is 0.672. The van der Waals surface area contributed by atoms with Gasteiger partial charge in [-0.1, -0.05) is 23.2 Å². The minimum Gasteiger partial charge on any atom is -0.468 e. The van der Waals surface area contributed by atoms with E-state index >= 15 is 0 Å². The molecule has 0 bridgehead atoms. The summed E-state index contributed by atoms with van der Waals surface area (Å²) in [6.45, 7) is 2.29. The Balaban J connectivity index is 1.70. The molecule has 0 saturated carbocycles. The molecule has 0 saturated heterocycles. The molecule has 5 heteroatoms. The molecule has 0 aliphatic carbocycles. The van der Waals surface area contributed by atoms with Crippen LogP contribution in [0.15, 0.2) is 41.0 Å². The summed E-state index contributed by atoms with van der Waals surface area (Å²) < 4.78 is 5.21. The molecule has 0 aliphatic heterocycles. The third-order valence-electron chi connectivity index (χ3n) is 2.42. The zero-order valence-corrected chi connectivity index (χ0v) is 11.3. The Labute approximate surface area is 116 Å². The number of hydrogen-bond donors (Lipinski definition) is 2. The lowest BCUT2D eigenvalue weighted by Gasteiger charge is -2.09. The Bertz CT molecular complexity index is 486. The number of rotatable bonds is 6. The molecule has 1 aromatic carbocycles. The highest BCUT2D eigenvalue weighted by molar-refractivity contribution is 6.35. The Morgan fingerprint density at radius 3 is 2.78 bits per heavy atom. The second-order valence-electron chi connectivity index (χ2n) is 3.81. The molecule has 2 N–H and O–H groups in total. The van der Waals surface area contributed by atoms with E-state index in [1.54, 1.807) is 18.4 Å². The zero-order chi connectivity index (χ0) is 12.8. The highest BCUT2D eigenvalue weighted by Crippen LogP contribution is 2.24. The van der Waals surface area contributed by atoms with E-state index in [0.717, 1.165) is 31.1 Å². The maximum absolute atomic E-state index is 6.03. The van der Waals surface area contributed by atoms with Gasteiger partial charge in [-0.15, -0.1) is 0 Å². The normalized spacial score (nSPS) is 10.6. The van der Waals surface area contributed by atoms with Crippen molar-refractivity contribution in [1.82, 2.24) is 5.32 Å². The molecule has 2 rings (SSSR count). The first-order chi connectivity index (χ1) is 8.75. The predicted molar refractivity (Wildman–Crippen MR) is 75.4 cm³/mol. The lowest BCUT2D eigenvalue weighted by Crippen LogP contribution is -2.21. The van der Waals surface area contributed by atoms with Crippen LogP contribution in [0, 0.1) is 0 Å². The Kier molecular flexibility index (Phi) is 4.93. The summed E-state index contributed by atoms with van der Waals surface area (Å²) in [5.41, 5.74) is 0.851. The van der Waals surface area contributed by atoms with E-state index in [1.165, 1.54) is 0 Å². The molecule has 0 amide bonds. The van der Waals surface area contributed by atoms with Crippen molar-refractivity contribution >= 4 is 28.9 Å². The zero-order valence-electron chi connectivity index (χ0n) is 9.75. The van der Waals surface area contributed by atoms with Crippen molar-refractivity contribution < 1.29 is 4.42 Å². The van der Waals surface area contributed by atoms with Crippen molar-refractivity contribution in [2.75, 3.05) is 18.4 Å². The second-order valence-corrected chi connectivity index (χ2v) is 4.65. The summed E-state index contributed by atoms with van der Waals surface area (Å²) in [5, 5.41) is 7.83. The van der Waals surface area contributed by atoms with Crippen LogP contribution in [0.2, 0.25) is 10.0 Å². The highest BCUT2D eigenvalue weighted by Gasteiger charge is 2.00. The van der Waals surface area contributed by atoms with E-state index < -0.39 is 0 Å². The van der Waals surface area contributed by atoms with Gasteiger partial charge in [0, 0.05) is 18.1 Å². The van der Waals surface area contributed by atoms with Gasteiger partial charge < -0.3 is 15.1 Å². The first-order valence-electron chi connectivity index (χ1n) is 5.68. The van der Waals surface area contributed by atoms with Gasteiger partial charge in [0.2, 0.25) is 0 Å². The number of furan rings is 1. The largest absolute Gasteiger partial charge is 0.468 e. The van der Waals surface area contributed by atoms with Gasteiger partial charge in [-0.2, -0.15) is 0 Å². The van der Waals surface area contributed by atoms with Gasteiger partial charge in [0.25, 0.3) is 0 Å². The third-order valence-corrected chi connectivity index (χ3v) is 2.99. The molecule has 96 valence electrons. The van der Waals surface area contributed by atoms with E-state index in [0.29, 0.717) is 10.0 Å². The van der Waals surface area contributed by atoms with Crippen LogP contribution in [0.3, 0.4) is 0 Å². The van der Waals surface area contributed by atoms with Crippen molar-refractivity contribution in [2.45, 2.75) is 6.54 Å². The Hall–Kier alpha value is -1.16. The van der Waals surface area contributed by atoms with Gasteiger partial charge in [0.15, 0.2) is 0 Å². The van der Waals surface area contributed by atoms with Crippen molar-refractivity contribution in [1.29, 1.82) is 0 Å². The Morgan fingerprint density at radius 2 is 2.00 bits per heavy atom. The van der Waals surface area contributed by atoms with Crippen molar-refractivity contribution in [2.24, 2.45) is 0 Å². The molecule has 0 spiro atoms. The monoisotopic (exact) mass is 284 g/mol. The molecular formula is C13H14Cl2N2O. The fraction of sp³-hybridized carbons (Fsp3) is 0.231. The summed E-state index contributed by atoms with van der Waals surface area (Å²) in [7, 11) is 0. The maximum atomic E-state index is 6.03. The van der Waals surface area contributed by atoms with E-state index in [9.17, 15) is 0 Å². The average Bonchev–Trinajstić information content (AvgIpc) is 2.86. The lowest BCUT2D eigenvalue weighted by atomic mass is 10.3. The SMILES string of the molecule is Clc1ccc(Cl)c(NCCNCc2ccco2)c1. The first kappa shape index (κ1) is 13.3. The van der Waals surface area contributed by atoms with Crippen LogP contribution in [0.1, 0.15) is 5.76 Å². The van der Waals surface area contributed by atoms with Gasteiger partial charge in [0.1, 0.15) is 5.76 Å².